The molecule has 0 aliphatic carbocycles. The first kappa shape index (κ1) is 20.0. The molecule has 0 fully saturated rings. The number of aryl methyl sites for hydroxylation is 1. The predicted molar refractivity (Wildman–Crippen MR) is 109 cm³/mol. The molecule has 1 aliphatic heterocycles. The molecule has 3 aromatic rings. The van der Waals surface area contributed by atoms with Crippen LogP contribution >= 0.6 is 0 Å². The van der Waals surface area contributed by atoms with Crippen LogP contribution in [-0.2, 0) is 7.05 Å². The second kappa shape index (κ2) is 7.54. The van der Waals surface area contributed by atoms with E-state index >= 15 is 0 Å². The third-order valence-electron chi connectivity index (χ3n) is 5.31. The Bertz CT molecular complexity index is 1070. The van der Waals surface area contributed by atoms with E-state index in [9.17, 15) is 8.78 Å². The number of pyridine rings is 1. The molecule has 0 bridgehead atoms. The van der Waals surface area contributed by atoms with Crippen LogP contribution in [0.15, 0.2) is 43.0 Å². The van der Waals surface area contributed by atoms with Crippen LogP contribution in [0, 0.1) is 11.6 Å². The first-order chi connectivity index (χ1) is 14.3. The largest absolute Gasteiger partial charge is 0.497 e. The van der Waals surface area contributed by atoms with Gasteiger partial charge in [0.1, 0.15) is 23.5 Å². The number of imidazole rings is 1. The molecule has 3 unspecified atom stereocenters. The van der Waals surface area contributed by atoms with Gasteiger partial charge in [0, 0.05) is 30.6 Å². The molecular formula is C20H23F2N7O. The van der Waals surface area contributed by atoms with Crippen molar-refractivity contribution in [3.05, 3.63) is 65.9 Å². The molecule has 0 amide bonds. The maximum absolute atomic E-state index is 14.5. The van der Waals surface area contributed by atoms with Crippen LogP contribution in [0.4, 0.5) is 20.3 Å². The lowest BCUT2D eigenvalue weighted by Crippen LogP contribution is -2.61. The highest BCUT2D eigenvalue weighted by atomic mass is 19.1. The van der Waals surface area contributed by atoms with E-state index in [2.05, 4.69) is 9.97 Å². The monoisotopic (exact) mass is 415 g/mol. The number of anilines is 2. The zero-order valence-electron chi connectivity index (χ0n) is 16.8. The lowest BCUT2D eigenvalue weighted by atomic mass is 10.0. The van der Waals surface area contributed by atoms with Crippen LogP contribution in [-0.4, -0.2) is 27.9 Å². The lowest BCUT2D eigenvalue weighted by molar-refractivity contribution is 0.407. The van der Waals surface area contributed by atoms with Gasteiger partial charge in [0.25, 0.3) is 0 Å². The number of nitrogens with zero attached hydrogens (tertiary/aromatic N) is 5. The molecule has 0 saturated heterocycles. The summed E-state index contributed by atoms with van der Waals surface area (Å²) in [5, 5.41) is 0. The van der Waals surface area contributed by atoms with Crippen molar-refractivity contribution in [1.29, 1.82) is 0 Å². The molecule has 3 heterocycles. The minimum Gasteiger partial charge on any atom is -0.497 e. The summed E-state index contributed by atoms with van der Waals surface area (Å²) >= 11 is 0. The van der Waals surface area contributed by atoms with Crippen molar-refractivity contribution in [1.82, 2.24) is 14.5 Å². The zero-order valence-corrected chi connectivity index (χ0v) is 16.8. The minimum absolute atomic E-state index is 0.0741. The maximum Gasteiger partial charge on any atom is 0.158 e. The summed E-state index contributed by atoms with van der Waals surface area (Å²) < 4.78 is 35.1. The van der Waals surface area contributed by atoms with Crippen LogP contribution in [0.1, 0.15) is 30.4 Å². The number of rotatable bonds is 4. The maximum atomic E-state index is 14.5. The zero-order chi connectivity index (χ0) is 21.6. The summed E-state index contributed by atoms with van der Waals surface area (Å²) in [5.41, 5.74) is 14.7. The molecule has 8 nitrogen and oxygen atoms in total. The normalized spacial score (nSPS) is 19.6. The Labute approximate surface area is 172 Å². The van der Waals surface area contributed by atoms with Gasteiger partial charge < -0.3 is 24.8 Å². The molecule has 30 heavy (non-hydrogen) atoms. The van der Waals surface area contributed by atoms with Crippen LogP contribution in [0.25, 0.3) is 0 Å². The Morgan fingerprint density at radius 1 is 1.17 bits per heavy atom. The Balaban J connectivity index is 1.86. The Morgan fingerprint density at radius 3 is 2.57 bits per heavy atom. The molecule has 10 heteroatoms. The summed E-state index contributed by atoms with van der Waals surface area (Å²) in [6, 6.07) is 5.61. The Kier molecular flexibility index (Phi) is 5.04. The standard InChI is InChI=1S/C20H23F2N7O/c1-11(18-15(22)6-12(21)8-25-18)28-16-5-4-13(30-3)7-14(16)19(23)29(20(28)24)17-9-27(2)10-26-17/h4-11,19-20H,23-24H2,1-3H3. The highest BCUT2D eigenvalue weighted by Gasteiger charge is 2.40. The van der Waals surface area contributed by atoms with Gasteiger partial charge >= 0.3 is 0 Å². The predicted octanol–water partition coefficient (Wildman–Crippen LogP) is 2.39. The molecule has 4 N–H and O–H groups in total. The van der Waals surface area contributed by atoms with Crippen LogP contribution in [0.5, 0.6) is 5.75 Å². The van der Waals surface area contributed by atoms with Crippen molar-refractivity contribution in [2.24, 2.45) is 18.5 Å². The summed E-state index contributed by atoms with van der Waals surface area (Å²) in [4.78, 5) is 11.9. The first-order valence-electron chi connectivity index (χ1n) is 9.36. The van der Waals surface area contributed by atoms with Crippen molar-refractivity contribution in [3.63, 3.8) is 0 Å². The van der Waals surface area contributed by atoms with Gasteiger partial charge in [-0.25, -0.2) is 13.8 Å². The second-order valence-electron chi connectivity index (χ2n) is 7.19. The van der Waals surface area contributed by atoms with E-state index in [1.54, 1.807) is 47.0 Å². The SMILES string of the molecule is COc1ccc2c(c1)C(N)N(c1cn(C)cn1)C(N)N2C(C)c1ncc(F)cc1F. The topological polar surface area (TPSA) is 98.5 Å². The van der Waals surface area contributed by atoms with Crippen molar-refractivity contribution < 1.29 is 13.5 Å². The Morgan fingerprint density at radius 2 is 1.93 bits per heavy atom. The summed E-state index contributed by atoms with van der Waals surface area (Å²) in [6.07, 6.45) is 3.03. The van der Waals surface area contributed by atoms with Gasteiger partial charge in [-0.15, -0.1) is 0 Å². The van der Waals surface area contributed by atoms with E-state index in [0.29, 0.717) is 17.3 Å². The van der Waals surface area contributed by atoms with Gasteiger partial charge in [0.15, 0.2) is 12.1 Å². The number of fused-ring (bicyclic) bond motifs is 1. The van der Waals surface area contributed by atoms with E-state index in [4.69, 9.17) is 16.2 Å². The average molecular weight is 415 g/mol. The van der Waals surface area contributed by atoms with E-state index in [1.165, 1.54) is 0 Å². The molecule has 0 spiro atoms. The fourth-order valence-electron chi connectivity index (χ4n) is 3.83. The Hall–Kier alpha value is -3.24. The van der Waals surface area contributed by atoms with Crippen LogP contribution in [0.2, 0.25) is 0 Å². The van der Waals surface area contributed by atoms with Crippen LogP contribution < -0.4 is 26.0 Å². The number of ether oxygens (including phenoxy) is 1. The van der Waals surface area contributed by atoms with E-state index < -0.39 is 30.1 Å². The number of halogens is 2. The summed E-state index contributed by atoms with van der Waals surface area (Å²) in [6.45, 7) is 1.75. The number of nitrogens with two attached hydrogens (primary N) is 2. The number of aromatic nitrogens is 3. The van der Waals surface area contributed by atoms with Crippen LogP contribution in [0.3, 0.4) is 0 Å². The second-order valence-corrected chi connectivity index (χ2v) is 7.19. The van der Waals surface area contributed by atoms with Crippen molar-refractivity contribution in [2.75, 3.05) is 16.9 Å². The van der Waals surface area contributed by atoms with E-state index in [-0.39, 0.29) is 5.69 Å². The van der Waals surface area contributed by atoms with E-state index in [0.717, 1.165) is 17.8 Å². The number of benzene rings is 1. The number of methoxy groups -OCH3 is 1. The number of hydrogen-bond donors (Lipinski definition) is 2. The van der Waals surface area contributed by atoms with Crippen molar-refractivity contribution in [3.8, 4) is 5.75 Å². The average Bonchev–Trinajstić information content (AvgIpc) is 3.13. The van der Waals surface area contributed by atoms with Gasteiger partial charge in [0.05, 0.1) is 31.4 Å². The molecule has 158 valence electrons. The fraction of sp³-hybridized carbons (Fsp3) is 0.300. The molecule has 0 radical (unpaired) electrons. The highest BCUT2D eigenvalue weighted by molar-refractivity contribution is 5.65. The lowest BCUT2D eigenvalue weighted by Gasteiger charge is -2.49. The molecule has 4 rings (SSSR count). The molecule has 2 aromatic heterocycles. The fourth-order valence-corrected chi connectivity index (χ4v) is 3.83. The van der Waals surface area contributed by atoms with E-state index in [1.807, 2.05) is 19.2 Å². The van der Waals surface area contributed by atoms with Gasteiger partial charge in [-0.05, 0) is 25.1 Å². The van der Waals surface area contributed by atoms with Crippen molar-refractivity contribution >= 4 is 11.5 Å². The van der Waals surface area contributed by atoms with Gasteiger partial charge in [-0.3, -0.25) is 10.7 Å². The molecular weight excluding hydrogens is 392 g/mol. The van der Waals surface area contributed by atoms with Gasteiger partial charge in [0.2, 0.25) is 0 Å². The molecule has 1 aliphatic rings. The first-order valence-corrected chi connectivity index (χ1v) is 9.36. The quantitative estimate of drug-likeness (QED) is 0.675. The molecule has 3 atom stereocenters. The number of hydrogen-bond acceptors (Lipinski definition) is 7. The minimum atomic E-state index is -0.781. The van der Waals surface area contributed by atoms with Gasteiger partial charge in [-0.2, -0.15) is 0 Å². The third kappa shape index (κ3) is 3.23. The smallest absolute Gasteiger partial charge is 0.158 e. The summed E-state index contributed by atoms with van der Waals surface area (Å²) in [5.74, 6) is -0.298. The molecule has 1 aromatic carbocycles. The van der Waals surface area contributed by atoms with Crippen molar-refractivity contribution in [2.45, 2.75) is 25.4 Å². The highest BCUT2D eigenvalue weighted by Crippen LogP contribution is 2.42. The third-order valence-corrected chi connectivity index (χ3v) is 5.31. The summed E-state index contributed by atoms with van der Waals surface area (Å²) in [7, 11) is 3.41. The molecule has 0 saturated carbocycles. The van der Waals surface area contributed by atoms with Gasteiger partial charge in [-0.1, -0.05) is 0 Å².